The van der Waals surface area contributed by atoms with E-state index in [1.54, 1.807) is 0 Å². The lowest BCUT2D eigenvalue weighted by atomic mass is 9.66. The van der Waals surface area contributed by atoms with Gasteiger partial charge in [-0.05, 0) is 36.0 Å². The van der Waals surface area contributed by atoms with Crippen molar-refractivity contribution in [3.05, 3.63) is 0 Å². The van der Waals surface area contributed by atoms with E-state index in [9.17, 15) is 0 Å². The Morgan fingerprint density at radius 1 is 1.00 bits per heavy atom. The summed E-state index contributed by atoms with van der Waals surface area (Å²) in [5, 5.41) is 0. The van der Waals surface area contributed by atoms with Crippen molar-refractivity contribution in [2.45, 2.75) is 53.9 Å². The predicted molar refractivity (Wildman–Crippen MR) is 59.7 cm³/mol. The fourth-order valence-electron chi connectivity index (χ4n) is 2.93. The third kappa shape index (κ3) is 2.72. The summed E-state index contributed by atoms with van der Waals surface area (Å²) in [4.78, 5) is 0. The Morgan fingerprint density at radius 3 is 2.08 bits per heavy atom. The first-order valence-electron chi connectivity index (χ1n) is 6.02. The lowest BCUT2D eigenvalue weighted by Gasteiger charge is -2.40. The highest BCUT2D eigenvalue weighted by molar-refractivity contribution is 4.82. The monoisotopic (exact) mass is 182 g/mol. The van der Waals surface area contributed by atoms with Gasteiger partial charge in [-0.3, -0.25) is 0 Å². The molecule has 0 heteroatoms. The largest absolute Gasteiger partial charge is 0.0628 e. The van der Waals surface area contributed by atoms with Crippen LogP contribution in [0.15, 0.2) is 0 Å². The molecular formula is C13H26. The van der Waals surface area contributed by atoms with Crippen molar-refractivity contribution in [3.63, 3.8) is 0 Å². The molecule has 0 heterocycles. The predicted octanol–water partition coefficient (Wildman–Crippen LogP) is 4.35. The highest BCUT2D eigenvalue weighted by Crippen LogP contribution is 2.41. The Morgan fingerprint density at radius 2 is 1.54 bits per heavy atom. The molecule has 1 saturated carbocycles. The molecule has 0 radical (unpaired) electrons. The number of rotatable bonds is 2. The van der Waals surface area contributed by atoms with Gasteiger partial charge in [0.15, 0.2) is 0 Å². The van der Waals surface area contributed by atoms with Gasteiger partial charge in [-0.2, -0.15) is 0 Å². The Kier molecular flexibility index (Phi) is 3.82. The van der Waals surface area contributed by atoms with Crippen molar-refractivity contribution < 1.29 is 0 Å². The molecule has 0 nitrogen and oxygen atoms in total. The zero-order chi connectivity index (χ0) is 10.0. The summed E-state index contributed by atoms with van der Waals surface area (Å²) in [5.74, 6) is 4.74. The summed E-state index contributed by atoms with van der Waals surface area (Å²) in [6.07, 6.45) is 4.35. The maximum atomic E-state index is 2.47. The maximum absolute atomic E-state index is 2.47. The molecule has 4 unspecified atom stereocenters. The van der Waals surface area contributed by atoms with Gasteiger partial charge in [-0.1, -0.05) is 47.5 Å². The van der Waals surface area contributed by atoms with E-state index in [-0.39, 0.29) is 0 Å². The quantitative estimate of drug-likeness (QED) is 0.595. The Bertz CT molecular complexity index is 148. The summed E-state index contributed by atoms with van der Waals surface area (Å²) >= 11 is 0. The smallest absolute Gasteiger partial charge is 0.0358 e. The molecule has 0 spiro atoms. The molecule has 1 aliphatic rings. The van der Waals surface area contributed by atoms with Gasteiger partial charge in [0.25, 0.3) is 0 Å². The van der Waals surface area contributed by atoms with E-state index < -0.39 is 0 Å². The topological polar surface area (TPSA) is 0 Å². The summed E-state index contributed by atoms with van der Waals surface area (Å²) in [6, 6.07) is 0. The van der Waals surface area contributed by atoms with Crippen LogP contribution in [0.2, 0.25) is 0 Å². The highest BCUT2D eigenvalue weighted by atomic mass is 14.4. The third-order valence-electron chi connectivity index (χ3n) is 4.12. The minimum atomic E-state index is 0.875. The molecule has 4 atom stereocenters. The van der Waals surface area contributed by atoms with Gasteiger partial charge in [0.2, 0.25) is 0 Å². The van der Waals surface area contributed by atoms with Gasteiger partial charge >= 0.3 is 0 Å². The van der Waals surface area contributed by atoms with E-state index in [0.717, 1.165) is 29.6 Å². The maximum Gasteiger partial charge on any atom is -0.0358 e. The molecular weight excluding hydrogens is 156 g/mol. The molecule has 0 N–H and O–H groups in total. The van der Waals surface area contributed by atoms with Crippen LogP contribution in [0.3, 0.4) is 0 Å². The van der Waals surface area contributed by atoms with E-state index in [4.69, 9.17) is 0 Å². The van der Waals surface area contributed by atoms with Crippen molar-refractivity contribution in [3.8, 4) is 0 Å². The normalized spacial score (nSPS) is 41.1. The van der Waals surface area contributed by atoms with E-state index in [2.05, 4.69) is 34.6 Å². The van der Waals surface area contributed by atoms with Crippen molar-refractivity contribution in [2.24, 2.45) is 29.6 Å². The SMILES string of the molecule is CC(C)CC1C(C)CCC(C)C1C. The van der Waals surface area contributed by atoms with Crippen molar-refractivity contribution >= 4 is 0 Å². The molecule has 0 amide bonds. The van der Waals surface area contributed by atoms with E-state index in [1.807, 2.05) is 0 Å². The van der Waals surface area contributed by atoms with Crippen LogP contribution in [0, 0.1) is 29.6 Å². The zero-order valence-electron chi connectivity index (χ0n) is 10.0. The number of hydrogen-bond acceptors (Lipinski definition) is 0. The van der Waals surface area contributed by atoms with Crippen molar-refractivity contribution in [1.82, 2.24) is 0 Å². The van der Waals surface area contributed by atoms with Crippen LogP contribution < -0.4 is 0 Å². The van der Waals surface area contributed by atoms with Crippen molar-refractivity contribution in [2.75, 3.05) is 0 Å². The van der Waals surface area contributed by atoms with E-state index >= 15 is 0 Å². The van der Waals surface area contributed by atoms with Gasteiger partial charge in [0.1, 0.15) is 0 Å². The second kappa shape index (κ2) is 4.48. The highest BCUT2D eigenvalue weighted by Gasteiger charge is 2.32. The molecule has 78 valence electrons. The molecule has 0 bridgehead atoms. The molecule has 1 fully saturated rings. The van der Waals surface area contributed by atoms with Crippen LogP contribution in [-0.4, -0.2) is 0 Å². The molecule has 0 aromatic rings. The van der Waals surface area contributed by atoms with E-state index in [1.165, 1.54) is 19.3 Å². The Balaban J connectivity index is 2.55. The van der Waals surface area contributed by atoms with Gasteiger partial charge < -0.3 is 0 Å². The summed E-state index contributed by atoms with van der Waals surface area (Å²) in [6.45, 7) is 12.1. The minimum absolute atomic E-state index is 0.875. The Labute approximate surface area is 84.1 Å². The van der Waals surface area contributed by atoms with Crippen LogP contribution in [0.25, 0.3) is 0 Å². The lowest BCUT2D eigenvalue weighted by molar-refractivity contribution is 0.103. The minimum Gasteiger partial charge on any atom is -0.0628 e. The molecule has 0 saturated heterocycles. The molecule has 0 aromatic heterocycles. The van der Waals surface area contributed by atoms with Gasteiger partial charge in [-0.25, -0.2) is 0 Å². The van der Waals surface area contributed by atoms with Gasteiger partial charge in [0.05, 0.1) is 0 Å². The van der Waals surface area contributed by atoms with Crippen LogP contribution in [-0.2, 0) is 0 Å². The Hall–Kier alpha value is 0. The third-order valence-corrected chi connectivity index (χ3v) is 4.12. The fourth-order valence-corrected chi connectivity index (χ4v) is 2.93. The van der Waals surface area contributed by atoms with Gasteiger partial charge in [-0.15, -0.1) is 0 Å². The molecule has 0 aromatic carbocycles. The number of hydrogen-bond donors (Lipinski definition) is 0. The first-order valence-corrected chi connectivity index (χ1v) is 6.02. The second-order valence-corrected chi connectivity index (χ2v) is 5.68. The summed E-state index contributed by atoms with van der Waals surface area (Å²) in [7, 11) is 0. The van der Waals surface area contributed by atoms with Crippen LogP contribution in [0.1, 0.15) is 53.9 Å². The first kappa shape index (κ1) is 11.1. The second-order valence-electron chi connectivity index (χ2n) is 5.68. The van der Waals surface area contributed by atoms with Gasteiger partial charge in [0, 0.05) is 0 Å². The summed E-state index contributed by atoms with van der Waals surface area (Å²) in [5.41, 5.74) is 0. The molecule has 1 rings (SSSR count). The summed E-state index contributed by atoms with van der Waals surface area (Å²) < 4.78 is 0. The van der Waals surface area contributed by atoms with Crippen molar-refractivity contribution in [1.29, 1.82) is 0 Å². The van der Waals surface area contributed by atoms with Crippen LogP contribution in [0.4, 0.5) is 0 Å². The van der Waals surface area contributed by atoms with Crippen LogP contribution in [0.5, 0.6) is 0 Å². The lowest BCUT2D eigenvalue weighted by Crippen LogP contribution is -2.31. The van der Waals surface area contributed by atoms with Crippen LogP contribution >= 0.6 is 0 Å². The zero-order valence-corrected chi connectivity index (χ0v) is 10.0. The molecule has 1 aliphatic carbocycles. The molecule has 0 aliphatic heterocycles. The average molecular weight is 182 g/mol. The fraction of sp³-hybridized carbons (Fsp3) is 1.00. The van der Waals surface area contributed by atoms with E-state index in [0.29, 0.717) is 0 Å². The molecule has 13 heavy (non-hydrogen) atoms. The first-order chi connectivity index (χ1) is 6.02. The average Bonchev–Trinajstić information content (AvgIpc) is 2.05. The standard InChI is InChI=1S/C13H26/c1-9(2)8-13-11(4)7-6-10(3)12(13)5/h9-13H,6-8H2,1-5H3.